The van der Waals surface area contributed by atoms with Crippen LogP contribution in [0.5, 0.6) is 0 Å². The number of rotatable bonds is 3. The maximum absolute atomic E-state index is 13.1. The van der Waals surface area contributed by atoms with Gasteiger partial charge in [0.1, 0.15) is 11.6 Å². The van der Waals surface area contributed by atoms with Crippen LogP contribution in [0.15, 0.2) is 12.1 Å². The molecule has 0 spiro atoms. The second-order valence-electron chi connectivity index (χ2n) is 3.11. The molecule has 0 atom stereocenters. The molecule has 1 aromatic carbocycles. The zero-order chi connectivity index (χ0) is 11.6. The molecule has 0 bridgehead atoms. The van der Waals surface area contributed by atoms with Crippen molar-refractivity contribution >= 4 is 11.8 Å². The SMILES string of the molecule is Cc1cc(F)c(CC(=O)C(=O)O)c(F)c1. The molecule has 0 unspecified atom stereocenters. The Morgan fingerprint density at radius 2 is 1.73 bits per heavy atom. The minimum Gasteiger partial charge on any atom is -0.475 e. The van der Waals surface area contributed by atoms with Crippen molar-refractivity contribution in [1.82, 2.24) is 0 Å². The maximum atomic E-state index is 13.1. The van der Waals surface area contributed by atoms with E-state index in [1.165, 1.54) is 6.92 Å². The summed E-state index contributed by atoms with van der Waals surface area (Å²) < 4.78 is 26.3. The van der Waals surface area contributed by atoms with E-state index in [0.717, 1.165) is 12.1 Å². The van der Waals surface area contributed by atoms with Crippen LogP contribution in [0.3, 0.4) is 0 Å². The predicted octanol–water partition coefficient (Wildman–Crippen LogP) is 1.47. The monoisotopic (exact) mass is 214 g/mol. The number of Topliss-reactive ketones (excluding diaryl/α,β-unsaturated/α-hetero) is 1. The van der Waals surface area contributed by atoms with E-state index in [-0.39, 0.29) is 0 Å². The van der Waals surface area contributed by atoms with Crippen molar-refractivity contribution in [3.05, 3.63) is 34.9 Å². The van der Waals surface area contributed by atoms with E-state index < -0.39 is 35.4 Å². The Labute approximate surface area is 84.3 Å². The summed E-state index contributed by atoms with van der Waals surface area (Å²) in [6, 6.07) is 2.10. The van der Waals surface area contributed by atoms with Crippen LogP contribution >= 0.6 is 0 Å². The summed E-state index contributed by atoms with van der Waals surface area (Å²) in [5.41, 5.74) is -0.135. The zero-order valence-electron chi connectivity index (χ0n) is 7.88. The highest BCUT2D eigenvalue weighted by Gasteiger charge is 2.18. The molecular weight excluding hydrogens is 206 g/mol. The molecule has 0 aliphatic rings. The van der Waals surface area contributed by atoms with E-state index in [9.17, 15) is 18.4 Å². The molecule has 0 saturated carbocycles. The Morgan fingerprint density at radius 3 is 2.13 bits per heavy atom. The van der Waals surface area contributed by atoms with Gasteiger partial charge in [-0.2, -0.15) is 0 Å². The van der Waals surface area contributed by atoms with Crippen LogP contribution in [0.2, 0.25) is 0 Å². The van der Waals surface area contributed by atoms with Gasteiger partial charge in [0, 0.05) is 12.0 Å². The average molecular weight is 214 g/mol. The number of carboxylic acid groups (broad SMARTS) is 1. The molecule has 1 rings (SSSR count). The van der Waals surface area contributed by atoms with E-state index in [1.54, 1.807) is 0 Å². The van der Waals surface area contributed by atoms with E-state index in [4.69, 9.17) is 5.11 Å². The van der Waals surface area contributed by atoms with Crippen LogP contribution in [-0.2, 0) is 16.0 Å². The maximum Gasteiger partial charge on any atom is 0.372 e. The van der Waals surface area contributed by atoms with Gasteiger partial charge in [0.25, 0.3) is 0 Å². The Bertz CT molecular complexity index is 404. The molecule has 15 heavy (non-hydrogen) atoms. The first kappa shape index (κ1) is 11.3. The molecule has 0 radical (unpaired) electrons. The Morgan fingerprint density at radius 1 is 1.27 bits per heavy atom. The van der Waals surface area contributed by atoms with Gasteiger partial charge in [-0.05, 0) is 24.6 Å². The number of halogens is 2. The second kappa shape index (κ2) is 4.16. The number of carbonyl (C=O) groups is 2. The Hall–Kier alpha value is -1.78. The van der Waals surface area contributed by atoms with E-state index in [2.05, 4.69) is 0 Å². The largest absolute Gasteiger partial charge is 0.475 e. The topological polar surface area (TPSA) is 54.4 Å². The van der Waals surface area contributed by atoms with Gasteiger partial charge in [0.15, 0.2) is 0 Å². The summed E-state index contributed by atoms with van der Waals surface area (Å²) in [5.74, 6) is -4.74. The first-order valence-corrected chi connectivity index (χ1v) is 4.12. The van der Waals surface area contributed by atoms with Crippen LogP contribution in [0, 0.1) is 18.6 Å². The second-order valence-corrected chi connectivity index (χ2v) is 3.11. The Balaban J connectivity index is 3.05. The fraction of sp³-hybridized carbons (Fsp3) is 0.200. The molecule has 0 aromatic heterocycles. The summed E-state index contributed by atoms with van der Waals surface area (Å²) in [5, 5.41) is 8.29. The van der Waals surface area contributed by atoms with Crippen molar-refractivity contribution < 1.29 is 23.5 Å². The quantitative estimate of drug-likeness (QED) is 0.775. The highest BCUT2D eigenvalue weighted by atomic mass is 19.1. The molecule has 0 amide bonds. The number of carbonyl (C=O) groups excluding carboxylic acids is 1. The van der Waals surface area contributed by atoms with E-state index >= 15 is 0 Å². The summed E-state index contributed by atoms with van der Waals surface area (Å²) in [6.07, 6.45) is -0.771. The summed E-state index contributed by atoms with van der Waals surface area (Å²) >= 11 is 0. The van der Waals surface area contributed by atoms with Crippen molar-refractivity contribution in [1.29, 1.82) is 0 Å². The van der Waals surface area contributed by atoms with Crippen molar-refractivity contribution in [2.75, 3.05) is 0 Å². The molecule has 0 fully saturated rings. The van der Waals surface area contributed by atoms with Crippen LogP contribution in [0.25, 0.3) is 0 Å². The fourth-order valence-corrected chi connectivity index (χ4v) is 1.13. The predicted molar refractivity (Wildman–Crippen MR) is 47.4 cm³/mol. The van der Waals surface area contributed by atoms with E-state index in [1.807, 2.05) is 0 Å². The molecule has 0 saturated heterocycles. The number of ketones is 1. The smallest absolute Gasteiger partial charge is 0.372 e. The van der Waals surface area contributed by atoms with Crippen molar-refractivity contribution in [3.8, 4) is 0 Å². The lowest BCUT2D eigenvalue weighted by Crippen LogP contribution is -2.16. The third-order valence-corrected chi connectivity index (χ3v) is 1.86. The first-order chi connectivity index (χ1) is 6.91. The summed E-state index contributed by atoms with van der Waals surface area (Å²) in [4.78, 5) is 21.0. The molecule has 1 N–H and O–H groups in total. The molecule has 0 aliphatic heterocycles. The minimum absolute atomic E-state index is 0.372. The van der Waals surface area contributed by atoms with Gasteiger partial charge >= 0.3 is 5.97 Å². The molecule has 0 heterocycles. The third kappa shape index (κ3) is 2.59. The van der Waals surface area contributed by atoms with Crippen LogP contribution < -0.4 is 0 Å². The number of aliphatic carboxylic acids is 1. The van der Waals surface area contributed by atoms with Crippen LogP contribution in [-0.4, -0.2) is 16.9 Å². The average Bonchev–Trinajstić information content (AvgIpc) is 2.10. The van der Waals surface area contributed by atoms with E-state index in [0.29, 0.717) is 5.56 Å². The zero-order valence-corrected chi connectivity index (χ0v) is 7.88. The summed E-state index contributed by atoms with van der Waals surface area (Å²) in [6.45, 7) is 1.49. The van der Waals surface area contributed by atoms with Crippen LogP contribution in [0.4, 0.5) is 8.78 Å². The van der Waals surface area contributed by atoms with Crippen LogP contribution in [0.1, 0.15) is 11.1 Å². The Kier molecular flexibility index (Phi) is 3.14. The molecule has 80 valence electrons. The van der Waals surface area contributed by atoms with Gasteiger partial charge in [0.2, 0.25) is 5.78 Å². The van der Waals surface area contributed by atoms with Gasteiger partial charge in [-0.1, -0.05) is 0 Å². The number of hydrogen-bond acceptors (Lipinski definition) is 2. The minimum atomic E-state index is -1.70. The van der Waals surface area contributed by atoms with Crippen molar-refractivity contribution in [3.63, 3.8) is 0 Å². The fourth-order valence-electron chi connectivity index (χ4n) is 1.13. The first-order valence-electron chi connectivity index (χ1n) is 4.12. The lowest BCUT2D eigenvalue weighted by Gasteiger charge is -2.03. The van der Waals surface area contributed by atoms with Gasteiger partial charge in [-0.3, -0.25) is 4.79 Å². The molecule has 1 aromatic rings. The van der Waals surface area contributed by atoms with Crippen molar-refractivity contribution in [2.24, 2.45) is 0 Å². The molecule has 3 nitrogen and oxygen atoms in total. The lowest BCUT2D eigenvalue weighted by molar-refractivity contribution is -0.148. The van der Waals surface area contributed by atoms with Crippen molar-refractivity contribution in [2.45, 2.75) is 13.3 Å². The van der Waals surface area contributed by atoms with Gasteiger partial charge in [-0.15, -0.1) is 0 Å². The summed E-state index contributed by atoms with van der Waals surface area (Å²) in [7, 11) is 0. The highest BCUT2D eigenvalue weighted by Crippen LogP contribution is 2.15. The van der Waals surface area contributed by atoms with Gasteiger partial charge < -0.3 is 5.11 Å². The van der Waals surface area contributed by atoms with Gasteiger partial charge in [0.05, 0.1) is 0 Å². The standard InChI is InChI=1S/C10H8F2O3/c1-5-2-7(11)6(8(12)3-5)4-9(13)10(14)15/h2-3H,4H2,1H3,(H,14,15). The number of carboxylic acids is 1. The highest BCUT2D eigenvalue weighted by molar-refractivity contribution is 6.33. The van der Waals surface area contributed by atoms with Gasteiger partial charge in [-0.25, -0.2) is 13.6 Å². The lowest BCUT2D eigenvalue weighted by atomic mass is 10.1. The molecule has 0 aliphatic carbocycles. The number of benzene rings is 1. The number of aryl methyl sites for hydroxylation is 1. The third-order valence-electron chi connectivity index (χ3n) is 1.86. The normalized spacial score (nSPS) is 10.1. The molecular formula is C10H8F2O3. The molecule has 5 heteroatoms. The number of hydrogen-bond donors (Lipinski definition) is 1.